The van der Waals surface area contributed by atoms with Crippen molar-refractivity contribution in [2.75, 3.05) is 12.3 Å². The Kier molecular flexibility index (Phi) is 4.99. The second kappa shape index (κ2) is 6.41. The van der Waals surface area contributed by atoms with Crippen LogP contribution in [0.1, 0.15) is 39.2 Å². The first-order chi connectivity index (χ1) is 9.90. The van der Waals surface area contributed by atoms with E-state index in [-0.39, 0.29) is 11.2 Å². The van der Waals surface area contributed by atoms with E-state index in [1.807, 2.05) is 44.2 Å². The van der Waals surface area contributed by atoms with Crippen molar-refractivity contribution in [3.05, 3.63) is 35.9 Å². The average Bonchev–Trinajstić information content (AvgIpc) is 2.49. The van der Waals surface area contributed by atoms with Gasteiger partial charge in [-0.1, -0.05) is 37.3 Å². The third kappa shape index (κ3) is 3.43. The summed E-state index contributed by atoms with van der Waals surface area (Å²) in [5.74, 6) is 0.963. The molecule has 1 fully saturated rings. The summed E-state index contributed by atoms with van der Waals surface area (Å²) < 4.78 is 0. The van der Waals surface area contributed by atoms with Crippen LogP contribution in [-0.2, 0) is 10.2 Å². The largest absolute Gasteiger partial charge is 0.387 e. The summed E-state index contributed by atoms with van der Waals surface area (Å²) in [6, 6.07) is 9.76. The zero-order chi connectivity index (χ0) is 15.5. The van der Waals surface area contributed by atoms with Gasteiger partial charge >= 0.3 is 0 Å². The lowest BCUT2D eigenvalue weighted by Crippen LogP contribution is -2.58. The normalized spacial score (nSPS) is 25.2. The molecule has 1 aliphatic rings. The van der Waals surface area contributed by atoms with Crippen molar-refractivity contribution in [3.8, 4) is 0 Å². The van der Waals surface area contributed by atoms with Crippen molar-refractivity contribution < 1.29 is 9.90 Å². The third-order valence-electron chi connectivity index (χ3n) is 4.42. The van der Waals surface area contributed by atoms with Gasteiger partial charge in [-0.05, 0) is 38.0 Å². The van der Waals surface area contributed by atoms with Crippen molar-refractivity contribution >= 4 is 17.7 Å². The molecule has 0 heterocycles. The molecule has 3 nitrogen and oxygen atoms in total. The minimum Gasteiger partial charge on any atom is -0.387 e. The second-order valence-corrected chi connectivity index (χ2v) is 7.74. The number of carbonyl (C=O) groups is 1. The van der Waals surface area contributed by atoms with Gasteiger partial charge in [0.2, 0.25) is 5.91 Å². The highest BCUT2D eigenvalue weighted by atomic mass is 32.2. The monoisotopic (exact) mass is 307 g/mol. The van der Waals surface area contributed by atoms with Crippen LogP contribution in [0.5, 0.6) is 0 Å². The molecular formula is C17H25NO2S. The molecule has 0 spiro atoms. The molecule has 0 aromatic heterocycles. The molecule has 0 bridgehead atoms. The fourth-order valence-electron chi connectivity index (χ4n) is 2.68. The van der Waals surface area contributed by atoms with E-state index in [1.165, 1.54) is 0 Å². The van der Waals surface area contributed by atoms with Gasteiger partial charge in [0.25, 0.3) is 0 Å². The van der Waals surface area contributed by atoms with Gasteiger partial charge in [0.05, 0.1) is 11.0 Å². The maximum Gasteiger partial charge on any atom is 0.230 e. The van der Waals surface area contributed by atoms with Gasteiger partial charge in [-0.2, -0.15) is 11.8 Å². The molecule has 2 atom stereocenters. The van der Waals surface area contributed by atoms with E-state index in [1.54, 1.807) is 11.8 Å². The van der Waals surface area contributed by atoms with E-state index in [4.69, 9.17) is 0 Å². The van der Waals surface area contributed by atoms with Gasteiger partial charge in [0.15, 0.2) is 0 Å². The molecule has 1 aromatic rings. The molecule has 1 aromatic carbocycles. The first-order valence-corrected chi connectivity index (χ1v) is 8.63. The predicted octanol–water partition coefficient (Wildman–Crippen LogP) is 2.73. The number of carbonyl (C=O) groups excluding carboxylic acids is 1. The Balaban J connectivity index is 1.96. The van der Waals surface area contributed by atoms with E-state index in [0.29, 0.717) is 6.54 Å². The Hall–Kier alpha value is -1.00. The number of hydrogen-bond acceptors (Lipinski definition) is 3. The highest BCUT2D eigenvalue weighted by molar-refractivity contribution is 8.00. The van der Waals surface area contributed by atoms with E-state index in [2.05, 4.69) is 12.2 Å². The van der Waals surface area contributed by atoms with Gasteiger partial charge in [-0.15, -0.1) is 0 Å². The van der Waals surface area contributed by atoms with Crippen molar-refractivity contribution in [2.45, 2.75) is 49.9 Å². The number of nitrogens with one attached hydrogen (secondary N) is 1. The summed E-state index contributed by atoms with van der Waals surface area (Å²) in [6.45, 7) is 6.28. The van der Waals surface area contributed by atoms with Crippen LogP contribution in [0.2, 0.25) is 0 Å². The maximum absolute atomic E-state index is 12.5. The molecule has 1 amide bonds. The lowest BCUT2D eigenvalue weighted by molar-refractivity contribution is -0.127. The van der Waals surface area contributed by atoms with Crippen molar-refractivity contribution in [1.29, 1.82) is 0 Å². The quantitative estimate of drug-likeness (QED) is 0.849. The Bertz CT molecular complexity index is 489. The molecule has 0 radical (unpaired) electrons. The van der Waals surface area contributed by atoms with Gasteiger partial charge in [-0.25, -0.2) is 0 Å². The summed E-state index contributed by atoms with van der Waals surface area (Å²) in [5, 5.41) is 13.8. The Morgan fingerprint density at radius 3 is 2.62 bits per heavy atom. The lowest BCUT2D eigenvalue weighted by Gasteiger charge is -2.45. The van der Waals surface area contributed by atoms with Crippen LogP contribution in [0.4, 0.5) is 0 Å². The van der Waals surface area contributed by atoms with Gasteiger partial charge in [0, 0.05) is 11.8 Å². The third-order valence-corrected chi connectivity index (χ3v) is 5.83. The van der Waals surface area contributed by atoms with Crippen LogP contribution < -0.4 is 5.32 Å². The summed E-state index contributed by atoms with van der Waals surface area (Å²) >= 11 is 1.78. The maximum atomic E-state index is 12.5. The summed E-state index contributed by atoms with van der Waals surface area (Å²) in [5.41, 5.74) is -0.333. The molecule has 4 heteroatoms. The molecule has 2 N–H and O–H groups in total. The standard InChI is InChI=1S/C17H25NO2S/c1-4-21-14-10-11-17(14,20)12-18-15(19)16(2,3)13-8-6-5-7-9-13/h5-9,14,20H,4,10-12H2,1-3H3,(H,18,19)/t14-,17-/m1/s1. The minimum absolute atomic E-state index is 0.0331. The lowest BCUT2D eigenvalue weighted by atomic mass is 9.78. The number of aliphatic hydroxyl groups is 1. The molecule has 21 heavy (non-hydrogen) atoms. The van der Waals surface area contributed by atoms with Gasteiger partial charge in [0.1, 0.15) is 0 Å². The first-order valence-electron chi connectivity index (χ1n) is 7.58. The van der Waals surface area contributed by atoms with Crippen LogP contribution in [0.25, 0.3) is 0 Å². The average molecular weight is 307 g/mol. The van der Waals surface area contributed by atoms with Crippen molar-refractivity contribution in [2.24, 2.45) is 0 Å². The molecule has 0 saturated heterocycles. The van der Waals surface area contributed by atoms with Crippen LogP contribution in [0, 0.1) is 0 Å². The number of thioether (sulfide) groups is 1. The first kappa shape index (κ1) is 16.4. The highest BCUT2D eigenvalue weighted by Crippen LogP contribution is 2.40. The van der Waals surface area contributed by atoms with E-state index in [0.717, 1.165) is 24.2 Å². The molecule has 1 aliphatic carbocycles. The highest BCUT2D eigenvalue weighted by Gasteiger charge is 2.45. The van der Waals surface area contributed by atoms with E-state index >= 15 is 0 Å². The number of rotatable bonds is 6. The van der Waals surface area contributed by atoms with Crippen molar-refractivity contribution in [3.63, 3.8) is 0 Å². The van der Waals surface area contributed by atoms with Gasteiger partial charge < -0.3 is 10.4 Å². The number of hydrogen-bond donors (Lipinski definition) is 2. The van der Waals surface area contributed by atoms with Crippen LogP contribution >= 0.6 is 11.8 Å². The number of benzene rings is 1. The molecule has 0 unspecified atom stereocenters. The zero-order valence-electron chi connectivity index (χ0n) is 13.1. The Morgan fingerprint density at radius 2 is 2.10 bits per heavy atom. The molecular weight excluding hydrogens is 282 g/mol. The fraction of sp³-hybridized carbons (Fsp3) is 0.588. The van der Waals surface area contributed by atoms with E-state index in [9.17, 15) is 9.90 Å². The fourth-order valence-corrected chi connectivity index (χ4v) is 3.88. The smallest absolute Gasteiger partial charge is 0.230 e. The number of amides is 1. The van der Waals surface area contributed by atoms with Crippen LogP contribution in [0.15, 0.2) is 30.3 Å². The zero-order valence-corrected chi connectivity index (χ0v) is 13.9. The summed E-state index contributed by atoms with van der Waals surface area (Å²) in [7, 11) is 0. The van der Waals surface area contributed by atoms with Gasteiger partial charge in [-0.3, -0.25) is 4.79 Å². The molecule has 0 aliphatic heterocycles. The minimum atomic E-state index is -0.733. The molecule has 116 valence electrons. The van der Waals surface area contributed by atoms with Crippen LogP contribution in [-0.4, -0.2) is 34.2 Å². The SMILES string of the molecule is CCS[C@@H]1CC[C@@]1(O)CNC(=O)C(C)(C)c1ccccc1. The van der Waals surface area contributed by atoms with Crippen LogP contribution in [0.3, 0.4) is 0 Å². The molecule has 2 rings (SSSR count). The van der Waals surface area contributed by atoms with E-state index < -0.39 is 11.0 Å². The predicted molar refractivity (Wildman–Crippen MR) is 88.6 cm³/mol. The summed E-state index contributed by atoms with van der Waals surface area (Å²) in [4.78, 5) is 12.5. The second-order valence-electron chi connectivity index (χ2n) is 6.26. The van der Waals surface area contributed by atoms with Crippen molar-refractivity contribution in [1.82, 2.24) is 5.32 Å². The Labute approximate surface area is 131 Å². The topological polar surface area (TPSA) is 49.3 Å². The Morgan fingerprint density at radius 1 is 1.43 bits per heavy atom. The summed E-state index contributed by atoms with van der Waals surface area (Å²) in [6.07, 6.45) is 1.81. The molecule has 1 saturated carbocycles.